The molecule has 1 aliphatic heterocycles. The fraction of sp³-hybridized carbons (Fsp3) is 0.0714. The summed E-state index contributed by atoms with van der Waals surface area (Å²) in [4.78, 5) is 12.1. The minimum Gasteiger partial charge on any atom is -0.465 e. The molecule has 0 spiro atoms. The molecule has 1 aliphatic rings. The Balaban J connectivity index is 1.93. The SMILES string of the molecule is CS(=O)(=O)Oc1ccc2c(c1)O/C(=C\c1ccco1)C2=O. The molecule has 0 bridgehead atoms. The molecule has 21 heavy (non-hydrogen) atoms. The second-order valence-corrected chi connectivity index (χ2v) is 5.98. The molecule has 6 nitrogen and oxygen atoms in total. The summed E-state index contributed by atoms with van der Waals surface area (Å²) < 4.78 is 37.5. The molecule has 108 valence electrons. The molecule has 0 N–H and O–H groups in total. The Labute approximate surface area is 120 Å². The van der Waals surface area contributed by atoms with Gasteiger partial charge in [-0.15, -0.1) is 0 Å². The van der Waals surface area contributed by atoms with E-state index in [1.165, 1.54) is 30.5 Å². The zero-order valence-electron chi connectivity index (χ0n) is 10.9. The van der Waals surface area contributed by atoms with Gasteiger partial charge in [0.05, 0.1) is 18.1 Å². The average Bonchev–Trinajstić information content (AvgIpc) is 2.98. The molecular weight excluding hydrogens is 296 g/mol. The number of allylic oxidation sites excluding steroid dienone is 1. The van der Waals surface area contributed by atoms with Gasteiger partial charge in [-0.1, -0.05) is 0 Å². The Hall–Kier alpha value is -2.54. The summed E-state index contributed by atoms with van der Waals surface area (Å²) in [6, 6.07) is 7.59. The number of benzene rings is 1. The number of hydrogen-bond acceptors (Lipinski definition) is 6. The van der Waals surface area contributed by atoms with Crippen LogP contribution in [0, 0.1) is 0 Å². The van der Waals surface area contributed by atoms with Gasteiger partial charge in [0, 0.05) is 12.1 Å². The van der Waals surface area contributed by atoms with Gasteiger partial charge in [-0.3, -0.25) is 4.79 Å². The highest BCUT2D eigenvalue weighted by molar-refractivity contribution is 7.86. The maximum absolute atomic E-state index is 12.1. The largest absolute Gasteiger partial charge is 0.465 e. The first kappa shape index (κ1) is 13.4. The number of carbonyl (C=O) groups excluding carboxylic acids is 1. The Kier molecular flexibility index (Phi) is 3.06. The van der Waals surface area contributed by atoms with E-state index in [9.17, 15) is 13.2 Å². The smallest absolute Gasteiger partial charge is 0.306 e. The molecule has 0 saturated heterocycles. The van der Waals surface area contributed by atoms with Crippen molar-refractivity contribution >= 4 is 22.0 Å². The molecule has 7 heteroatoms. The highest BCUT2D eigenvalue weighted by Crippen LogP contribution is 2.35. The van der Waals surface area contributed by atoms with Crippen LogP contribution in [0.4, 0.5) is 0 Å². The first-order valence-electron chi connectivity index (χ1n) is 5.94. The summed E-state index contributed by atoms with van der Waals surface area (Å²) in [5, 5.41) is 0. The van der Waals surface area contributed by atoms with E-state index in [0.29, 0.717) is 11.3 Å². The van der Waals surface area contributed by atoms with Crippen molar-refractivity contribution in [2.45, 2.75) is 0 Å². The van der Waals surface area contributed by atoms with Crippen molar-refractivity contribution in [2.24, 2.45) is 0 Å². The third-order valence-corrected chi connectivity index (χ3v) is 3.20. The Morgan fingerprint density at radius 1 is 1.24 bits per heavy atom. The van der Waals surface area contributed by atoms with Crippen molar-refractivity contribution in [3.8, 4) is 11.5 Å². The average molecular weight is 306 g/mol. The van der Waals surface area contributed by atoms with E-state index in [-0.39, 0.29) is 23.0 Å². The van der Waals surface area contributed by atoms with E-state index in [1.807, 2.05) is 0 Å². The number of fused-ring (bicyclic) bond motifs is 1. The van der Waals surface area contributed by atoms with E-state index < -0.39 is 10.1 Å². The lowest BCUT2D eigenvalue weighted by Crippen LogP contribution is -2.05. The second kappa shape index (κ2) is 4.78. The lowest BCUT2D eigenvalue weighted by atomic mass is 10.1. The number of rotatable bonds is 3. The number of furan rings is 1. The zero-order valence-corrected chi connectivity index (χ0v) is 11.7. The predicted octanol–water partition coefficient (Wildman–Crippen LogP) is 2.23. The van der Waals surface area contributed by atoms with Crippen LogP contribution in [0.3, 0.4) is 0 Å². The van der Waals surface area contributed by atoms with Crippen LogP contribution in [-0.4, -0.2) is 20.5 Å². The van der Waals surface area contributed by atoms with Gasteiger partial charge in [0.25, 0.3) is 0 Å². The Morgan fingerprint density at radius 3 is 2.71 bits per heavy atom. The van der Waals surface area contributed by atoms with Crippen molar-refractivity contribution in [1.29, 1.82) is 0 Å². The molecule has 0 unspecified atom stereocenters. The van der Waals surface area contributed by atoms with Gasteiger partial charge in [-0.25, -0.2) is 0 Å². The number of ether oxygens (including phenoxy) is 1. The van der Waals surface area contributed by atoms with E-state index >= 15 is 0 Å². The topological polar surface area (TPSA) is 82.8 Å². The zero-order chi connectivity index (χ0) is 15.0. The first-order chi connectivity index (χ1) is 9.92. The van der Waals surface area contributed by atoms with Gasteiger partial charge >= 0.3 is 10.1 Å². The molecule has 1 aromatic carbocycles. The highest BCUT2D eigenvalue weighted by Gasteiger charge is 2.28. The van der Waals surface area contributed by atoms with Gasteiger partial charge < -0.3 is 13.3 Å². The summed E-state index contributed by atoms with van der Waals surface area (Å²) >= 11 is 0. The van der Waals surface area contributed by atoms with Crippen LogP contribution >= 0.6 is 0 Å². The third kappa shape index (κ3) is 2.82. The van der Waals surface area contributed by atoms with E-state index in [2.05, 4.69) is 0 Å². The maximum Gasteiger partial charge on any atom is 0.306 e. The molecule has 0 radical (unpaired) electrons. The number of carbonyl (C=O) groups is 1. The molecule has 0 atom stereocenters. The number of hydrogen-bond donors (Lipinski definition) is 0. The summed E-state index contributed by atoms with van der Waals surface area (Å²) in [6.45, 7) is 0. The highest BCUT2D eigenvalue weighted by atomic mass is 32.2. The van der Waals surface area contributed by atoms with Crippen LogP contribution in [0.2, 0.25) is 0 Å². The monoisotopic (exact) mass is 306 g/mol. The normalized spacial score (nSPS) is 15.9. The van der Waals surface area contributed by atoms with Crippen LogP contribution in [-0.2, 0) is 10.1 Å². The molecule has 1 aromatic heterocycles. The molecule has 2 heterocycles. The van der Waals surface area contributed by atoms with Crippen LogP contribution in [0.5, 0.6) is 11.5 Å². The first-order valence-corrected chi connectivity index (χ1v) is 7.75. The molecule has 3 rings (SSSR count). The summed E-state index contributed by atoms with van der Waals surface area (Å²) in [5.41, 5.74) is 0.341. The number of Topliss-reactive ketones (excluding diaryl/α,β-unsaturated/α-hetero) is 1. The fourth-order valence-corrected chi connectivity index (χ4v) is 2.35. The standard InChI is InChI=1S/C14H10O6S/c1-21(16,17)20-10-4-5-11-12(8-10)19-13(14(11)15)7-9-3-2-6-18-9/h2-8H,1H3/b13-7-. The third-order valence-electron chi connectivity index (χ3n) is 2.71. The van der Waals surface area contributed by atoms with Crippen molar-refractivity contribution in [2.75, 3.05) is 6.26 Å². The quantitative estimate of drug-likeness (QED) is 0.639. The molecule has 0 saturated carbocycles. The maximum atomic E-state index is 12.1. The minimum absolute atomic E-state index is 0.0864. The van der Waals surface area contributed by atoms with E-state index in [1.54, 1.807) is 12.1 Å². The summed E-state index contributed by atoms with van der Waals surface area (Å²) in [7, 11) is -3.63. The lowest BCUT2D eigenvalue weighted by Gasteiger charge is -2.03. The van der Waals surface area contributed by atoms with Crippen molar-refractivity contribution in [3.63, 3.8) is 0 Å². The molecule has 0 fully saturated rings. The van der Waals surface area contributed by atoms with Gasteiger partial charge in [0.2, 0.25) is 5.78 Å². The lowest BCUT2D eigenvalue weighted by molar-refractivity contribution is 0.101. The van der Waals surface area contributed by atoms with Crippen LogP contribution in [0.15, 0.2) is 46.8 Å². The van der Waals surface area contributed by atoms with Crippen LogP contribution in [0.25, 0.3) is 6.08 Å². The molecular formula is C14H10O6S. The molecule has 0 amide bonds. The van der Waals surface area contributed by atoms with Crippen molar-refractivity contribution in [3.05, 3.63) is 53.7 Å². The minimum atomic E-state index is -3.63. The van der Waals surface area contributed by atoms with E-state index in [0.717, 1.165) is 6.26 Å². The van der Waals surface area contributed by atoms with Crippen molar-refractivity contribution < 1.29 is 26.5 Å². The van der Waals surface area contributed by atoms with Gasteiger partial charge in [-0.05, 0) is 24.3 Å². The van der Waals surface area contributed by atoms with E-state index in [4.69, 9.17) is 13.3 Å². The summed E-state index contributed by atoms with van der Waals surface area (Å²) in [5.74, 6) is 0.629. The van der Waals surface area contributed by atoms with Gasteiger partial charge in [0.15, 0.2) is 5.76 Å². The second-order valence-electron chi connectivity index (χ2n) is 4.40. The predicted molar refractivity (Wildman–Crippen MR) is 73.6 cm³/mol. The fourth-order valence-electron chi connectivity index (χ4n) is 1.90. The Bertz CT molecular complexity index is 830. The molecule has 0 aliphatic carbocycles. The number of ketones is 1. The summed E-state index contributed by atoms with van der Waals surface area (Å²) in [6.07, 6.45) is 3.89. The molecule has 2 aromatic rings. The Morgan fingerprint density at radius 2 is 2.05 bits per heavy atom. The van der Waals surface area contributed by atoms with Crippen LogP contribution in [0.1, 0.15) is 16.1 Å². The van der Waals surface area contributed by atoms with Gasteiger partial charge in [0.1, 0.15) is 17.3 Å². The van der Waals surface area contributed by atoms with Crippen LogP contribution < -0.4 is 8.92 Å². The van der Waals surface area contributed by atoms with Crippen molar-refractivity contribution in [1.82, 2.24) is 0 Å². The van der Waals surface area contributed by atoms with Gasteiger partial charge in [-0.2, -0.15) is 8.42 Å².